The average molecular weight is 435 g/mol. The van der Waals surface area contributed by atoms with Crippen LogP contribution >= 0.6 is 12.4 Å². The number of anilines is 1. The number of methoxy groups -OCH3 is 1. The summed E-state index contributed by atoms with van der Waals surface area (Å²) in [7, 11) is 1.55. The van der Waals surface area contributed by atoms with Gasteiger partial charge in [-0.05, 0) is 61.1 Å². The summed E-state index contributed by atoms with van der Waals surface area (Å²) in [6, 6.07) is 7.50. The van der Waals surface area contributed by atoms with E-state index in [0.717, 1.165) is 31.5 Å². The second-order valence-electron chi connectivity index (χ2n) is 8.66. The van der Waals surface area contributed by atoms with Gasteiger partial charge in [-0.2, -0.15) is 0 Å². The summed E-state index contributed by atoms with van der Waals surface area (Å²) in [5.74, 6) is 0.853. The molecular formula is C23H31ClN2O4. The van der Waals surface area contributed by atoms with E-state index in [1.54, 1.807) is 14.0 Å². The SMILES string of the molecule is COc1ccc(C(C)(C)C)cc1NC(=O)c1c(C)cc(C2CCCNC2)oc1=O.Cl. The van der Waals surface area contributed by atoms with Gasteiger partial charge >= 0.3 is 5.63 Å². The molecule has 0 aliphatic carbocycles. The van der Waals surface area contributed by atoms with Crippen molar-refractivity contribution in [3.63, 3.8) is 0 Å². The molecule has 164 valence electrons. The lowest BCUT2D eigenvalue weighted by Gasteiger charge is -2.22. The molecule has 1 fully saturated rings. The van der Waals surface area contributed by atoms with E-state index in [-0.39, 0.29) is 29.3 Å². The molecule has 6 nitrogen and oxygen atoms in total. The van der Waals surface area contributed by atoms with Crippen molar-refractivity contribution in [1.29, 1.82) is 0 Å². The predicted octanol–water partition coefficient (Wildman–Crippen LogP) is 4.40. The molecule has 1 amide bonds. The third-order valence-corrected chi connectivity index (χ3v) is 5.41. The van der Waals surface area contributed by atoms with Gasteiger partial charge in [-0.1, -0.05) is 26.8 Å². The van der Waals surface area contributed by atoms with Gasteiger partial charge in [-0.3, -0.25) is 4.79 Å². The van der Waals surface area contributed by atoms with Gasteiger partial charge < -0.3 is 19.8 Å². The second-order valence-corrected chi connectivity index (χ2v) is 8.66. The number of halogens is 1. The van der Waals surface area contributed by atoms with E-state index in [1.165, 1.54) is 0 Å². The number of benzene rings is 1. The molecule has 1 unspecified atom stereocenters. The van der Waals surface area contributed by atoms with E-state index in [1.807, 2.05) is 24.3 Å². The molecule has 30 heavy (non-hydrogen) atoms. The first-order valence-electron chi connectivity index (χ1n) is 10.1. The molecule has 1 aliphatic heterocycles. The minimum Gasteiger partial charge on any atom is -0.495 e. The van der Waals surface area contributed by atoms with Crippen molar-refractivity contribution in [2.45, 2.75) is 51.9 Å². The van der Waals surface area contributed by atoms with Crippen molar-refractivity contribution >= 4 is 24.0 Å². The van der Waals surface area contributed by atoms with Crippen molar-refractivity contribution in [3.8, 4) is 5.75 Å². The van der Waals surface area contributed by atoms with Gasteiger partial charge in [0.25, 0.3) is 5.91 Å². The Morgan fingerprint density at radius 2 is 2.00 bits per heavy atom. The number of piperidine rings is 1. The quantitative estimate of drug-likeness (QED) is 0.745. The Hall–Kier alpha value is -2.31. The van der Waals surface area contributed by atoms with Crippen LogP contribution in [0.5, 0.6) is 5.75 Å². The summed E-state index contributed by atoms with van der Waals surface area (Å²) in [4.78, 5) is 25.6. The fourth-order valence-electron chi connectivity index (χ4n) is 3.66. The number of rotatable bonds is 4. The van der Waals surface area contributed by atoms with E-state index >= 15 is 0 Å². The molecule has 1 aromatic heterocycles. The Morgan fingerprint density at radius 3 is 2.57 bits per heavy atom. The first-order chi connectivity index (χ1) is 13.7. The van der Waals surface area contributed by atoms with Crippen LogP contribution in [0.25, 0.3) is 0 Å². The van der Waals surface area contributed by atoms with Gasteiger partial charge in [-0.15, -0.1) is 12.4 Å². The zero-order chi connectivity index (χ0) is 21.2. The van der Waals surface area contributed by atoms with Gasteiger partial charge in [0.05, 0.1) is 12.8 Å². The number of aryl methyl sites for hydroxylation is 1. The average Bonchev–Trinajstić information content (AvgIpc) is 2.67. The molecule has 2 aromatic rings. The summed E-state index contributed by atoms with van der Waals surface area (Å²) in [6.45, 7) is 9.82. The van der Waals surface area contributed by atoms with Gasteiger partial charge in [0.15, 0.2) is 0 Å². The Balaban J connectivity index is 0.00000320. The number of hydrogen-bond acceptors (Lipinski definition) is 5. The van der Waals surface area contributed by atoms with E-state index in [2.05, 4.69) is 31.4 Å². The lowest BCUT2D eigenvalue weighted by atomic mass is 9.87. The first kappa shape index (κ1) is 24.0. The molecule has 1 aliphatic rings. The Bertz CT molecular complexity index is 957. The highest BCUT2D eigenvalue weighted by atomic mass is 35.5. The zero-order valence-corrected chi connectivity index (χ0v) is 19.1. The maximum absolute atomic E-state index is 12.9. The second kappa shape index (κ2) is 9.67. The molecule has 0 saturated carbocycles. The van der Waals surface area contributed by atoms with Crippen LogP contribution in [0.2, 0.25) is 0 Å². The van der Waals surface area contributed by atoms with Gasteiger partial charge in [0.2, 0.25) is 0 Å². The van der Waals surface area contributed by atoms with Gasteiger partial charge in [-0.25, -0.2) is 4.79 Å². The minimum absolute atomic E-state index is 0. The minimum atomic E-state index is -0.603. The molecule has 3 rings (SSSR count). The van der Waals surface area contributed by atoms with Crippen molar-refractivity contribution in [2.24, 2.45) is 0 Å². The third-order valence-electron chi connectivity index (χ3n) is 5.41. The van der Waals surface area contributed by atoms with Crippen LogP contribution < -0.4 is 21.0 Å². The lowest BCUT2D eigenvalue weighted by Crippen LogP contribution is -2.30. The standard InChI is InChI=1S/C23H30N2O4.ClH/c1-14-11-19(15-7-6-10-24-13-15)29-22(27)20(14)21(26)25-17-12-16(23(2,3)4)8-9-18(17)28-5;/h8-9,11-12,15,24H,6-7,10,13H2,1-5H3,(H,25,26);1H. The Kier molecular flexibility index (Phi) is 7.72. The fraction of sp³-hybridized carbons (Fsp3) is 0.478. The van der Waals surface area contributed by atoms with Crippen molar-refractivity contribution in [3.05, 3.63) is 57.1 Å². The maximum atomic E-state index is 12.9. The number of ether oxygens (including phenoxy) is 1. The molecule has 2 heterocycles. The normalized spacial score (nSPS) is 16.5. The largest absolute Gasteiger partial charge is 0.495 e. The van der Waals surface area contributed by atoms with E-state index in [4.69, 9.17) is 9.15 Å². The predicted molar refractivity (Wildman–Crippen MR) is 121 cm³/mol. The number of carbonyl (C=O) groups is 1. The number of hydrogen-bond donors (Lipinski definition) is 2. The highest BCUT2D eigenvalue weighted by Gasteiger charge is 2.24. The Morgan fingerprint density at radius 1 is 1.27 bits per heavy atom. The topological polar surface area (TPSA) is 80.6 Å². The monoisotopic (exact) mass is 434 g/mol. The molecular weight excluding hydrogens is 404 g/mol. The van der Waals surface area contributed by atoms with Crippen LogP contribution in [0, 0.1) is 6.92 Å². The van der Waals surface area contributed by atoms with Gasteiger partial charge in [0.1, 0.15) is 17.1 Å². The van der Waals surface area contributed by atoms with Crippen LogP contribution in [-0.2, 0) is 5.41 Å². The summed E-state index contributed by atoms with van der Waals surface area (Å²) >= 11 is 0. The number of carbonyl (C=O) groups excluding carboxylic acids is 1. The first-order valence-corrected chi connectivity index (χ1v) is 10.1. The van der Waals surface area contributed by atoms with Crippen molar-refractivity contribution in [2.75, 3.05) is 25.5 Å². The summed E-state index contributed by atoms with van der Waals surface area (Å²) in [6.07, 6.45) is 2.01. The van der Waals surface area contributed by atoms with E-state index in [0.29, 0.717) is 22.8 Å². The van der Waals surface area contributed by atoms with Crippen LogP contribution in [-0.4, -0.2) is 26.1 Å². The molecule has 0 bridgehead atoms. The van der Waals surface area contributed by atoms with Crippen molar-refractivity contribution < 1.29 is 13.9 Å². The zero-order valence-electron chi connectivity index (χ0n) is 18.3. The molecule has 0 radical (unpaired) electrons. The van der Waals surface area contributed by atoms with Crippen molar-refractivity contribution in [1.82, 2.24) is 5.32 Å². The number of nitrogens with one attached hydrogen (secondary N) is 2. The molecule has 1 aromatic carbocycles. The molecule has 1 atom stereocenters. The Labute approximate surface area is 183 Å². The van der Waals surface area contributed by atoms with E-state index < -0.39 is 11.5 Å². The molecule has 0 spiro atoms. The number of amides is 1. The maximum Gasteiger partial charge on any atom is 0.349 e. The van der Waals surface area contributed by atoms with Gasteiger partial charge in [0, 0.05) is 12.5 Å². The fourth-order valence-corrected chi connectivity index (χ4v) is 3.66. The van der Waals surface area contributed by atoms with Crippen LogP contribution in [0.3, 0.4) is 0 Å². The van der Waals surface area contributed by atoms with E-state index in [9.17, 15) is 9.59 Å². The third kappa shape index (κ3) is 5.24. The molecule has 1 saturated heterocycles. The summed E-state index contributed by atoms with van der Waals surface area (Å²) in [5.41, 5.74) is 1.54. The van der Waals surface area contributed by atoms with Crippen LogP contribution in [0.15, 0.2) is 33.5 Å². The molecule has 7 heteroatoms. The molecule has 2 N–H and O–H groups in total. The van der Waals surface area contributed by atoms with Crippen LogP contribution in [0.1, 0.15) is 66.8 Å². The summed E-state index contributed by atoms with van der Waals surface area (Å²) in [5, 5.41) is 6.15. The summed E-state index contributed by atoms with van der Waals surface area (Å²) < 4.78 is 10.9. The smallest absolute Gasteiger partial charge is 0.349 e. The highest BCUT2D eigenvalue weighted by molar-refractivity contribution is 6.05. The van der Waals surface area contributed by atoms with Crippen LogP contribution in [0.4, 0.5) is 5.69 Å². The highest BCUT2D eigenvalue weighted by Crippen LogP contribution is 2.32. The lowest BCUT2D eigenvalue weighted by molar-refractivity contribution is 0.102.